The molecule has 9 heteroatoms. The number of hydrogen-bond acceptors (Lipinski definition) is 7. The Morgan fingerprint density at radius 2 is 2.04 bits per heavy atom. The number of aromatic amines is 1. The molecular formula is C18H17N3O5S. The Hall–Kier alpha value is -3.07. The maximum Gasteiger partial charge on any atom is 0.338 e. The molecule has 27 heavy (non-hydrogen) atoms. The van der Waals surface area contributed by atoms with Crippen LogP contribution in [0.1, 0.15) is 45.2 Å². The van der Waals surface area contributed by atoms with Crippen LogP contribution in [0.3, 0.4) is 0 Å². The molecular weight excluding hydrogens is 370 g/mol. The predicted molar refractivity (Wildman–Crippen MR) is 101 cm³/mol. The lowest BCUT2D eigenvalue weighted by Gasteiger charge is -2.13. The summed E-state index contributed by atoms with van der Waals surface area (Å²) < 4.78 is 5.38. The summed E-state index contributed by atoms with van der Waals surface area (Å²) in [6.07, 6.45) is -0.784. The molecule has 3 aromatic rings. The number of rotatable bonds is 4. The van der Waals surface area contributed by atoms with Crippen molar-refractivity contribution in [2.24, 2.45) is 0 Å². The molecule has 1 aromatic carbocycles. The van der Waals surface area contributed by atoms with E-state index in [1.165, 1.54) is 29.5 Å². The van der Waals surface area contributed by atoms with Gasteiger partial charge in [-0.2, -0.15) is 0 Å². The number of ether oxygens (including phenoxy) is 1. The maximum absolute atomic E-state index is 12.4. The van der Waals surface area contributed by atoms with E-state index in [1.54, 1.807) is 13.8 Å². The van der Waals surface area contributed by atoms with Crippen LogP contribution in [0.15, 0.2) is 23.0 Å². The van der Waals surface area contributed by atoms with Gasteiger partial charge in [0.15, 0.2) is 11.9 Å². The molecule has 0 unspecified atom stereocenters. The lowest BCUT2D eigenvalue weighted by Crippen LogP contribution is -2.17. The number of aryl methyl sites for hydroxylation is 3. The number of H-pyrrole nitrogens is 1. The van der Waals surface area contributed by atoms with Crippen LogP contribution in [-0.4, -0.2) is 20.9 Å². The molecule has 3 rings (SSSR count). The van der Waals surface area contributed by atoms with E-state index < -0.39 is 17.0 Å². The van der Waals surface area contributed by atoms with Gasteiger partial charge in [0.25, 0.3) is 11.2 Å². The summed E-state index contributed by atoms with van der Waals surface area (Å²) in [4.78, 5) is 43.8. The minimum Gasteiger partial charge on any atom is -0.451 e. The highest BCUT2D eigenvalue weighted by Gasteiger charge is 2.20. The van der Waals surface area contributed by atoms with Gasteiger partial charge in [0.2, 0.25) is 0 Å². The zero-order chi connectivity index (χ0) is 19.9. The predicted octanol–water partition coefficient (Wildman–Crippen LogP) is 3.74. The molecule has 1 N–H and O–H groups in total. The average molecular weight is 387 g/mol. The number of nitrogens with zero attached hydrogens (tertiary/aromatic N) is 2. The Balaban J connectivity index is 1.87. The van der Waals surface area contributed by atoms with Gasteiger partial charge in [-0.1, -0.05) is 0 Å². The van der Waals surface area contributed by atoms with E-state index in [0.717, 1.165) is 10.4 Å². The van der Waals surface area contributed by atoms with Crippen molar-refractivity contribution in [2.45, 2.75) is 33.8 Å². The van der Waals surface area contributed by atoms with Gasteiger partial charge in [0.1, 0.15) is 4.83 Å². The Bertz CT molecular complexity index is 1130. The SMILES string of the molecule is Cc1cc(C(=O)O[C@H](C)c2nc3sc(C)c(C)c3c(=O)[nH]2)ccc1[N+](=O)[O-]. The Labute approximate surface area is 158 Å². The zero-order valence-corrected chi connectivity index (χ0v) is 16.0. The number of esters is 1. The van der Waals surface area contributed by atoms with Crippen LogP contribution in [0.2, 0.25) is 0 Å². The molecule has 0 fully saturated rings. The highest BCUT2D eigenvalue weighted by Crippen LogP contribution is 2.27. The highest BCUT2D eigenvalue weighted by molar-refractivity contribution is 7.18. The number of nitro benzene ring substituents is 1. The number of fused-ring (bicyclic) bond motifs is 1. The van der Waals surface area contributed by atoms with Crippen molar-refractivity contribution in [2.75, 3.05) is 0 Å². The van der Waals surface area contributed by atoms with E-state index in [9.17, 15) is 19.7 Å². The fourth-order valence-corrected chi connectivity index (χ4v) is 3.77. The van der Waals surface area contributed by atoms with Gasteiger partial charge in [-0.3, -0.25) is 14.9 Å². The molecule has 1 atom stereocenters. The summed E-state index contributed by atoms with van der Waals surface area (Å²) in [5.41, 5.74) is 1.10. The van der Waals surface area contributed by atoms with Crippen molar-refractivity contribution in [1.82, 2.24) is 9.97 Å². The first-order chi connectivity index (χ1) is 12.7. The molecule has 0 aliphatic carbocycles. The van der Waals surface area contributed by atoms with E-state index >= 15 is 0 Å². The summed E-state index contributed by atoms with van der Waals surface area (Å²) in [5.74, 6) is -0.400. The molecule has 140 valence electrons. The minimum atomic E-state index is -0.784. The molecule has 0 radical (unpaired) electrons. The van der Waals surface area contributed by atoms with Gasteiger partial charge < -0.3 is 9.72 Å². The zero-order valence-electron chi connectivity index (χ0n) is 15.2. The first-order valence-electron chi connectivity index (χ1n) is 8.15. The van der Waals surface area contributed by atoms with Crippen LogP contribution in [0.4, 0.5) is 5.69 Å². The second-order valence-corrected chi connectivity index (χ2v) is 7.42. The first kappa shape index (κ1) is 18.7. The van der Waals surface area contributed by atoms with Crippen LogP contribution in [0.25, 0.3) is 10.2 Å². The summed E-state index contributed by atoms with van der Waals surface area (Å²) in [6, 6.07) is 4.00. The monoisotopic (exact) mass is 387 g/mol. The van der Waals surface area contributed by atoms with Crippen molar-refractivity contribution < 1.29 is 14.5 Å². The number of carbonyl (C=O) groups excluding carboxylic acids is 1. The number of aromatic nitrogens is 2. The van der Waals surface area contributed by atoms with Gasteiger partial charge in [-0.25, -0.2) is 9.78 Å². The third-order valence-corrected chi connectivity index (χ3v) is 5.46. The summed E-state index contributed by atoms with van der Waals surface area (Å²) in [6.45, 7) is 6.94. The molecule has 0 aliphatic rings. The van der Waals surface area contributed by atoms with Crippen LogP contribution in [-0.2, 0) is 4.74 Å². The van der Waals surface area contributed by atoms with Gasteiger partial charge >= 0.3 is 5.97 Å². The van der Waals surface area contributed by atoms with E-state index in [4.69, 9.17) is 4.74 Å². The lowest BCUT2D eigenvalue weighted by molar-refractivity contribution is -0.385. The van der Waals surface area contributed by atoms with E-state index in [1.807, 2.05) is 13.8 Å². The van der Waals surface area contributed by atoms with E-state index in [-0.39, 0.29) is 22.6 Å². The Morgan fingerprint density at radius 3 is 2.67 bits per heavy atom. The molecule has 0 saturated carbocycles. The van der Waals surface area contributed by atoms with Crippen molar-refractivity contribution in [3.8, 4) is 0 Å². The number of carbonyl (C=O) groups is 1. The maximum atomic E-state index is 12.4. The number of benzene rings is 1. The average Bonchev–Trinajstić information content (AvgIpc) is 2.88. The summed E-state index contributed by atoms with van der Waals surface area (Å²) >= 11 is 1.41. The third kappa shape index (κ3) is 3.45. The summed E-state index contributed by atoms with van der Waals surface area (Å²) in [7, 11) is 0. The largest absolute Gasteiger partial charge is 0.451 e. The van der Waals surface area contributed by atoms with E-state index in [0.29, 0.717) is 15.8 Å². The fraction of sp³-hybridized carbons (Fsp3) is 0.278. The van der Waals surface area contributed by atoms with Crippen LogP contribution >= 0.6 is 11.3 Å². The van der Waals surface area contributed by atoms with Crippen LogP contribution < -0.4 is 5.56 Å². The normalized spacial score (nSPS) is 12.1. The molecule has 0 aliphatic heterocycles. The smallest absolute Gasteiger partial charge is 0.338 e. The number of thiophene rings is 1. The fourth-order valence-electron chi connectivity index (χ4n) is 2.74. The van der Waals surface area contributed by atoms with Crippen molar-refractivity contribution >= 4 is 33.2 Å². The molecule has 0 bridgehead atoms. The Kier molecular flexibility index (Phi) is 4.79. The van der Waals surface area contributed by atoms with E-state index in [2.05, 4.69) is 9.97 Å². The number of nitro groups is 1. The second kappa shape index (κ2) is 6.92. The topological polar surface area (TPSA) is 115 Å². The van der Waals surface area contributed by atoms with Crippen molar-refractivity contribution in [3.63, 3.8) is 0 Å². The minimum absolute atomic E-state index is 0.0699. The van der Waals surface area contributed by atoms with Crippen molar-refractivity contribution in [3.05, 3.63) is 66.1 Å². The number of hydrogen-bond donors (Lipinski definition) is 1. The third-order valence-electron chi connectivity index (χ3n) is 4.36. The van der Waals surface area contributed by atoms with Crippen LogP contribution in [0.5, 0.6) is 0 Å². The van der Waals surface area contributed by atoms with Gasteiger partial charge in [0.05, 0.1) is 15.9 Å². The van der Waals surface area contributed by atoms with Gasteiger partial charge in [-0.15, -0.1) is 11.3 Å². The van der Waals surface area contributed by atoms with Crippen LogP contribution in [0, 0.1) is 30.9 Å². The molecule has 2 aromatic heterocycles. The first-order valence-corrected chi connectivity index (χ1v) is 8.96. The quantitative estimate of drug-likeness (QED) is 0.414. The second-order valence-electron chi connectivity index (χ2n) is 6.22. The van der Waals surface area contributed by atoms with Gasteiger partial charge in [0, 0.05) is 16.5 Å². The summed E-state index contributed by atoms with van der Waals surface area (Å²) in [5, 5.41) is 11.4. The van der Waals surface area contributed by atoms with Gasteiger partial charge in [-0.05, 0) is 45.4 Å². The lowest BCUT2D eigenvalue weighted by atomic mass is 10.1. The molecule has 0 saturated heterocycles. The molecule has 8 nitrogen and oxygen atoms in total. The molecule has 0 spiro atoms. The Morgan fingerprint density at radius 1 is 1.33 bits per heavy atom. The standard InChI is InChI=1S/C18H17N3O5S/c1-8-7-12(5-6-13(8)21(24)25)18(23)26-10(3)15-19-16(22)14-9(2)11(4)27-17(14)20-15/h5-7,10H,1-4H3,(H,19,20,22)/t10-/m1/s1. The number of nitrogens with one attached hydrogen (secondary N) is 1. The molecule has 0 amide bonds. The van der Waals surface area contributed by atoms with Crippen molar-refractivity contribution in [1.29, 1.82) is 0 Å². The molecule has 2 heterocycles. The highest BCUT2D eigenvalue weighted by atomic mass is 32.1.